The summed E-state index contributed by atoms with van der Waals surface area (Å²) in [5, 5.41) is 3.15. The second-order valence-corrected chi connectivity index (χ2v) is 4.57. The van der Waals surface area contributed by atoms with E-state index in [9.17, 15) is 0 Å². The van der Waals surface area contributed by atoms with Crippen molar-refractivity contribution < 1.29 is 4.74 Å². The lowest BCUT2D eigenvalue weighted by atomic mass is 10.2. The van der Waals surface area contributed by atoms with Crippen molar-refractivity contribution in [3.63, 3.8) is 0 Å². The molecule has 0 saturated carbocycles. The van der Waals surface area contributed by atoms with Crippen molar-refractivity contribution in [1.29, 1.82) is 0 Å². The van der Waals surface area contributed by atoms with Gasteiger partial charge in [0, 0.05) is 6.54 Å². The first-order chi connectivity index (χ1) is 8.29. The lowest BCUT2D eigenvalue weighted by Crippen LogP contribution is -2.05. The number of anilines is 1. The third-order valence-electron chi connectivity index (χ3n) is 2.34. The molecule has 0 aromatic carbocycles. The Morgan fingerprint density at radius 2 is 2.06 bits per heavy atom. The fourth-order valence-electron chi connectivity index (χ4n) is 1.44. The number of halogens is 1. The Morgan fingerprint density at radius 1 is 1.24 bits per heavy atom. The highest BCUT2D eigenvalue weighted by Gasteiger charge is 2.08. The number of ether oxygens (including phenoxy) is 1. The first-order valence-corrected chi connectivity index (χ1v) is 6.96. The number of nitrogens with one attached hydrogen (secondary N) is 1. The van der Waals surface area contributed by atoms with Gasteiger partial charge in [-0.1, -0.05) is 26.2 Å². The lowest BCUT2D eigenvalue weighted by Gasteiger charge is -2.09. The molecule has 0 aliphatic rings. The minimum atomic E-state index is 0.618. The molecule has 17 heavy (non-hydrogen) atoms. The molecule has 0 bridgehead atoms. The van der Waals surface area contributed by atoms with Crippen LogP contribution in [0.2, 0.25) is 0 Å². The predicted octanol–water partition coefficient (Wildman–Crippen LogP) is 3.63. The molecule has 1 rings (SSSR count). The topological polar surface area (TPSA) is 47.0 Å². The summed E-state index contributed by atoms with van der Waals surface area (Å²) in [5.41, 5.74) is 0. The molecule has 0 amide bonds. The maximum atomic E-state index is 5.63. The first-order valence-electron chi connectivity index (χ1n) is 6.16. The summed E-state index contributed by atoms with van der Waals surface area (Å²) in [5.74, 6) is 1.40. The zero-order chi connectivity index (χ0) is 12.5. The number of aromatic nitrogens is 2. The van der Waals surface area contributed by atoms with Gasteiger partial charge in [0.2, 0.25) is 5.88 Å². The van der Waals surface area contributed by atoms with Crippen LogP contribution in [0, 0.1) is 0 Å². The molecule has 1 N–H and O–H groups in total. The molecule has 0 unspecified atom stereocenters. The average Bonchev–Trinajstić information content (AvgIpc) is 2.33. The van der Waals surface area contributed by atoms with Gasteiger partial charge in [-0.2, -0.15) is 0 Å². The van der Waals surface area contributed by atoms with Gasteiger partial charge in [0.05, 0.1) is 6.61 Å². The molecule has 0 spiro atoms. The minimum Gasteiger partial charge on any atom is -0.477 e. The van der Waals surface area contributed by atoms with Gasteiger partial charge in [0.1, 0.15) is 16.6 Å². The van der Waals surface area contributed by atoms with Gasteiger partial charge in [-0.3, -0.25) is 0 Å². The Morgan fingerprint density at radius 3 is 2.76 bits per heavy atom. The maximum Gasteiger partial charge on any atom is 0.233 e. The minimum absolute atomic E-state index is 0.618. The summed E-state index contributed by atoms with van der Waals surface area (Å²) in [6.45, 7) is 5.76. The lowest BCUT2D eigenvalue weighted by molar-refractivity contribution is 0.291. The van der Waals surface area contributed by atoms with Crippen LogP contribution in [0.15, 0.2) is 10.8 Å². The highest BCUT2D eigenvalue weighted by molar-refractivity contribution is 9.10. The van der Waals surface area contributed by atoms with Crippen molar-refractivity contribution in [2.45, 2.75) is 39.5 Å². The Kier molecular flexibility index (Phi) is 6.93. The molecule has 1 heterocycles. The van der Waals surface area contributed by atoms with Gasteiger partial charge in [-0.15, -0.1) is 0 Å². The van der Waals surface area contributed by atoms with E-state index in [4.69, 9.17) is 4.74 Å². The van der Waals surface area contributed by atoms with Crippen LogP contribution in [-0.2, 0) is 0 Å². The van der Waals surface area contributed by atoms with E-state index >= 15 is 0 Å². The summed E-state index contributed by atoms with van der Waals surface area (Å²) < 4.78 is 6.44. The van der Waals surface area contributed by atoms with Gasteiger partial charge < -0.3 is 10.1 Å². The Labute approximate surface area is 111 Å². The zero-order valence-electron chi connectivity index (χ0n) is 10.5. The van der Waals surface area contributed by atoms with Crippen LogP contribution in [0.25, 0.3) is 0 Å². The third-order valence-corrected chi connectivity index (χ3v) is 3.05. The number of rotatable bonds is 8. The van der Waals surface area contributed by atoms with E-state index in [1.54, 1.807) is 0 Å². The van der Waals surface area contributed by atoms with Crippen molar-refractivity contribution in [3.8, 4) is 5.88 Å². The Hall–Kier alpha value is -0.840. The van der Waals surface area contributed by atoms with Crippen molar-refractivity contribution in [1.82, 2.24) is 9.97 Å². The molecule has 4 nitrogen and oxygen atoms in total. The molecular weight excluding hydrogens is 282 g/mol. The highest BCUT2D eigenvalue weighted by atomic mass is 79.9. The van der Waals surface area contributed by atoms with Crippen LogP contribution >= 0.6 is 15.9 Å². The molecule has 0 saturated heterocycles. The monoisotopic (exact) mass is 301 g/mol. The largest absolute Gasteiger partial charge is 0.477 e. The first kappa shape index (κ1) is 14.2. The number of nitrogens with zero attached hydrogens (tertiary/aromatic N) is 2. The zero-order valence-corrected chi connectivity index (χ0v) is 12.1. The van der Waals surface area contributed by atoms with Gasteiger partial charge in [-0.05, 0) is 29.3 Å². The standard InChI is InChI=1S/C12H20BrN3O/c1-3-5-6-7-8-17-12-10(13)11(14-4-2)15-9-16-12/h9H,3-8H2,1-2H3,(H,14,15,16). The number of hydrogen-bond acceptors (Lipinski definition) is 4. The van der Waals surface area contributed by atoms with E-state index in [0.717, 1.165) is 23.3 Å². The van der Waals surface area contributed by atoms with E-state index in [1.807, 2.05) is 6.92 Å². The quantitative estimate of drug-likeness (QED) is 0.745. The third kappa shape index (κ3) is 4.89. The van der Waals surface area contributed by atoms with Crippen LogP contribution in [0.1, 0.15) is 39.5 Å². The van der Waals surface area contributed by atoms with Gasteiger partial charge in [-0.25, -0.2) is 9.97 Å². The molecule has 1 aromatic heterocycles. The molecule has 96 valence electrons. The molecule has 0 fully saturated rings. The number of hydrogen-bond donors (Lipinski definition) is 1. The molecule has 0 atom stereocenters. The second kappa shape index (κ2) is 8.28. The molecular formula is C12H20BrN3O. The fraction of sp³-hybridized carbons (Fsp3) is 0.667. The van der Waals surface area contributed by atoms with Crippen LogP contribution in [0.5, 0.6) is 5.88 Å². The Bertz CT molecular complexity index is 334. The molecule has 5 heteroatoms. The maximum absolute atomic E-state index is 5.63. The normalized spacial score (nSPS) is 10.3. The van der Waals surface area contributed by atoms with Gasteiger partial charge in [0.25, 0.3) is 0 Å². The van der Waals surface area contributed by atoms with Gasteiger partial charge >= 0.3 is 0 Å². The van der Waals surface area contributed by atoms with Crippen molar-refractivity contribution in [3.05, 3.63) is 10.8 Å². The summed E-state index contributed by atoms with van der Waals surface area (Å²) >= 11 is 3.45. The summed E-state index contributed by atoms with van der Waals surface area (Å²) in [4.78, 5) is 8.26. The van der Waals surface area contributed by atoms with Crippen molar-refractivity contribution in [2.24, 2.45) is 0 Å². The summed E-state index contributed by atoms with van der Waals surface area (Å²) in [7, 11) is 0. The highest BCUT2D eigenvalue weighted by Crippen LogP contribution is 2.28. The van der Waals surface area contributed by atoms with Crippen molar-refractivity contribution in [2.75, 3.05) is 18.5 Å². The Balaban J connectivity index is 2.44. The second-order valence-electron chi connectivity index (χ2n) is 3.78. The van der Waals surface area contributed by atoms with Crippen LogP contribution < -0.4 is 10.1 Å². The number of unbranched alkanes of at least 4 members (excludes halogenated alkanes) is 3. The molecule has 0 radical (unpaired) electrons. The van der Waals surface area contributed by atoms with Crippen molar-refractivity contribution >= 4 is 21.7 Å². The van der Waals surface area contributed by atoms with E-state index < -0.39 is 0 Å². The van der Waals surface area contributed by atoms with E-state index in [-0.39, 0.29) is 0 Å². The molecule has 0 aliphatic carbocycles. The molecule has 0 aliphatic heterocycles. The predicted molar refractivity (Wildman–Crippen MR) is 73.5 cm³/mol. The van der Waals surface area contributed by atoms with Crippen LogP contribution in [0.3, 0.4) is 0 Å². The van der Waals surface area contributed by atoms with E-state index in [0.29, 0.717) is 12.5 Å². The SMILES string of the molecule is CCCCCCOc1ncnc(NCC)c1Br. The fourth-order valence-corrected chi connectivity index (χ4v) is 1.90. The summed E-state index contributed by atoms with van der Waals surface area (Å²) in [6, 6.07) is 0. The van der Waals surface area contributed by atoms with E-state index in [1.165, 1.54) is 25.6 Å². The van der Waals surface area contributed by atoms with Crippen LogP contribution in [0.4, 0.5) is 5.82 Å². The smallest absolute Gasteiger partial charge is 0.233 e. The van der Waals surface area contributed by atoms with Gasteiger partial charge in [0.15, 0.2) is 0 Å². The average molecular weight is 302 g/mol. The summed E-state index contributed by atoms with van der Waals surface area (Å²) in [6.07, 6.45) is 6.29. The molecule has 1 aromatic rings. The van der Waals surface area contributed by atoms with Crippen LogP contribution in [-0.4, -0.2) is 23.1 Å². The van der Waals surface area contributed by atoms with E-state index in [2.05, 4.69) is 38.1 Å².